The largest absolute Gasteiger partial charge is 0.374 e. The zero-order chi connectivity index (χ0) is 13.4. The molecule has 2 nitrogen and oxygen atoms in total. The molecule has 0 aromatic heterocycles. The minimum absolute atomic E-state index is 0.0117. The van der Waals surface area contributed by atoms with Crippen LogP contribution in [0.4, 0.5) is 0 Å². The van der Waals surface area contributed by atoms with E-state index in [4.69, 9.17) is 10.5 Å². The maximum atomic E-state index is 6.50. The molecule has 0 spiro atoms. The Labute approximate surface area is 114 Å². The quantitative estimate of drug-likeness (QED) is 0.690. The first-order valence-electron chi connectivity index (χ1n) is 8.00. The summed E-state index contributed by atoms with van der Waals surface area (Å²) in [6.45, 7) is 7.48. The molecule has 1 atom stereocenters. The molecule has 1 aliphatic carbocycles. The second-order valence-electron chi connectivity index (χ2n) is 6.34. The summed E-state index contributed by atoms with van der Waals surface area (Å²) >= 11 is 0. The molecule has 2 N–H and O–H groups in total. The van der Waals surface area contributed by atoms with E-state index in [1.54, 1.807) is 0 Å². The Balaban J connectivity index is 2.52. The number of hydrogen-bond acceptors (Lipinski definition) is 2. The highest BCUT2D eigenvalue weighted by Gasteiger charge is 2.37. The second kappa shape index (κ2) is 8.16. The lowest BCUT2D eigenvalue weighted by Crippen LogP contribution is -2.50. The highest BCUT2D eigenvalue weighted by molar-refractivity contribution is 4.92. The molecule has 18 heavy (non-hydrogen) atoms. The molecule has 0 saturated heterocycles. The zero-order valence-electron chi connectivity index (χ0n) is 12.7. The number of rotatable bonds is 7. The molecule has 0 aromatic rings. The molecule has 0 radical (unpaired) electrons. The third-order valence-electron chi connectivity index (χ3n) is 4.35. The molecule has 108 valence electrons. The van der Waals surface area contributed by atoms with Crippen LogP contribution in [0.15, 0.2) is 0 Å². The van der Waals surface area contributed by atoms with Crippen molar-refractivity contribution in [1.29, 1.82) is 0 Å². The van der Waals surface area contributed by atoms with E-state index in [2.05, 4.69) is 20.8 Å². The fourth-order valence-corrected chi connectivity index (χ4v) is 3.25. The van der Waals surface area contributed by atoms with Gasteiger partial charge in [-0.2, -0.15) is 0 Å². The monoisotopic (exact) mass is 255 g/mol. The fourth-order valence-electron chi connectivity index (χ4n) is 3.25. The van der Waals surface area contributed by atoms with Crippen LogP contribution < -0.4 is 5.73 Å². The van der Waals surface area contributed by atoms with Crippen molar-refractivity contribution in [1.82, 2.24) is 0 Å². The molecule has 1 saturated carbocycles. The second-order valence-corrected chi connectivity index (χ2v) is 6.34. The SMILES string of the molecule is CCOC1(C(N)CCCC(C)C)CCCCCC1. The van der Waals surface area contributed by atoms with Crippen molar-refractivity contribution in [3.63, 3.8) is 0 Å². The summed E-state index contributed by atoms with van der Waals surface area (Å²) in [6.07, 6.45) is 11.3. The van der Waals surface area contributed by atoms with Gasteiger partial charge in [0.15, 0.2) is 0 Å². The number of ether oxygens (including phenoxy) is 1. The van der Waals surface area contributed by atoms with Gasteiger partial charge in [-0.1, -0.05) is 52.4 Å². The molecule has 0 aromatic carbocycles. The van der Waals surface area contributed by atoms with Gasteiger partial charge in [-0.15, -0.1) is 0 Å². The van der Waals surface area contributed by atoms with Gasteiger partial charge in [-0.05, 0) is 32.1 Å². The van der Waals surface area contributed by atoms with Crippen LogP contribution in [0.1, 0.15) is 78.6 Å². The first-order valence-corrected chi connectivity index (χ1v) is 8.00. The van der Waals surface area contributed by atoms with Crippen LogP contribution in [0.25, 0.3) is 0 Å². The standard InChI is InChI=1S/C16H33NO/c1-4-18-16(12-7-5-6-8-13-16)15(17)11-9-10-14(2)3/h14-15H,4-13,17H2,1-3H3. The van der Waals surface area contributed by atoms with Crippen molar-refractivity contribution in [3.05, 3.63) is 0 Å². The van der Waals surface area contributed by atoms with Gasteiger partial charge >= 0.3 is 0 Å². The van der Waals surface area contributed by atoms with E-state index >= 15 is 0 Å². The highest BCUT2D eigenvalue weighted by atomic mass is 16.5. The van der Waals surface area contributed by atoms with E-state index in [-0.39, 0.29) is 11.6 Å². The molecule has 0 bridgehead atoms. The van der Waals surface area contributed by atoms with Gasteiger partial charge in [0, 0.05) is 12.6 Å². The van der Waals surface area contributed by atoms with Crippen LogP contribution >= 0.6 is 0 Å². The van der Waals surface area contributed by atoms with E-state index in [0.717, 1.165) is 18.9 Å². The molecule has 0 aliphatic heterocycles. The summed E-state index contributed by atoms with van der Waals surface area (Å²) in [4.78, 5) is 0. The zero-order valence-corrected chi connectivity index (χ0v) is 12.7. The smallest absolute Gasteiger partial charge is 0.0832 e. The van der Waals surface area contributed by atoms with E-state index in [1.165, 1.54) is 51.4 Å². The normalized spacial score (nSPS) is 21.8. The molecule has 2 heteroatoms. The third kappa shape index (κ3) is 4.89. The molecule has 1 aliphatic rings. The van der Waals surface area contributed by atoms with Crippen molar-refractivity contribution in [2.45, 2.75) is 90.2 Å². The number of nitrogens with two attached hydrogens (primary N) is 1. The van der Waals surface area contributed by atoms with E-state index in [0.29, 0.717) is 0 Å². The lowest BCUT2D eigenvalue weighted by molar-refractivity contribution is -0.0705. The molecule has 1 rings (SSSR count). The average molecular weight is 255 g/mol. The Morgan fingerprint density at radius 1 is 1.06 bits per heavy atom. The lowest BCUT2D eigenvalue weighted by Gasteiger charge is -2.38. The first-order chi connectivity index (χ1) is 8.60. The first kappa shape index (κ1) is 16.0. The fraction of sp³-hybridized carbons (Fsp3) is 1.00. The minimum atomic E-state index is -0.0117. The van der Waals surface area contributed by atoms with Crippen LogP contribution in [-0.2, 0) is 4.74 Å². The Morgan fingerprint density at radius 2 is 1.67 bits per heavy atom. The highest BCUT2D eigenvalue weighted by Crippen LogP contribution is 2.34. The van der Waals surface area contributed by atoms with Gasteiger partial charge in [0.05, 0.1) is 5.60 Å². The molecule has 1 fully saturated rings. The lowest BCUT2D eigenvalue weighted by atomic mass is 9.83. The Bertz CT molecular complexity index is 207. The van der Waals surface area contributed by atoms with E-state index in [9.17, 15) is 0 Å². The Kier molecular flexibility index (Phi) is 7.25. The molecular weight excluding hydrogens is 222 g/mol. The molecular formula is C16H33NO. The summed E-state index contributed by atoms with van der Waals surface area (Å²) in [5.41, 5.74) is 6.49. The van der Waals surface area contributed by atoms with Crippen molar-refractivity contribution in [3.8, 4) is 0 Å². The van der Waals surface area contributed by atoms with Crippen molar-refractivity contribution in [2.24, 2.45) is 11.7 Å². The summed E-state index contributed by atoms with van der Waals surface area (Å²) in [5, 5.41) is 0. The minimum Gasteiger partial charge on any atom is -0.374 e. The third-order valence-corrected chi connectivity index (χ3v) is 4.35. The predicted molar refractivity (Wildman–Crippen MR) is 78.7 cm³/mol. The predicted octanol–water partition coefficient (Wildman–Crippen LogP) is 4.27. The van der Waals surface area contributed by atoms with Gasteiger partial charge in [0.1, 0.15) is 0 Å². The average Bonchev–Trinajstić information content (AvgIpc) is 2.55. The summed E-state index contributed by atoms with van der Waals surface area (Å²) < 4.78 is 6.14. The van der Waals surface area contributed by atoms with Crippen molar-refractivity contribution >= 4 is 0 Å². The summed E-state index contributed by atoms with van der Waals surface area (Å²) in [7, 11) is 0. The van der Waals surface area contributed by atoms with E-state index in [1.807, 2.05) is 0 Å². The topological polar surface area (TPSA) is 35.2 Å². The van der Waals surface area contributed by atoms with Crippen LogP contribution in [0.3, 0.4) is 0 Å². The maximum absolute atomic E-state index is 6.50. The summed E-state index contributed by atoms with van der Waals surface area (Å²) in [6, 6.07) is 0.231. The van der Waals surface area contributed by atoms with Crippen LogP contribution in [0.5, 0.6) is 0 Å². The molecule has 1 unspecified atom stereocenters. The van der Waals surface area contributed by atoms with Crippen LogP contribution in [0, 0.1) is 5.92 Å². The Hall–Kier alpha value is -0.0800. The van der Waals surface area contributed by atoms with Gasteiger partial charge in [0.2, 0.25) is 0 Å². The molecule has 0 heterocycles. The van der Waals surface area contributed by atoms with Gasteiger partial charge < -0.3 is 10.5 Å². The maximum Gasteiger partial charge on any atom is 0.0832 e. The van der Waals surface area contributed by atoms with Crippen molar-refractivity contribution in [2.75, 3.05) is 6.61 Å². The van der Waals surface area contributed by atoms with Gasteiger partial charge in [-0.3, -0.25) is 0 Å². The molecule has 0 amide bonds. The summed E-state index contributed by atoms with van der Waals surface area (Å²) in [5.74, 6) is 0.786. The number of hydrogen-bond donors (Lipinski definition) is 1. The van der Waals surface area contributed by atoms with Crippen molar-refractivity contribution < 1.29 is 4.74 Å². The van der Waals surface area contributed by atoms with Crippen LogP contribution in [-0.4, -0.2) is 18.2 Å². The van der Waals surface area contributed by atoms with Gasteiger partial charge in [-0.25, -0.2) is 0 Å². The Morgan fingerprint density at radius 3 is 2.17 bits per heavy atom. The van der Waals surface area contributed by atoms with Crippen LogP contribution in [0.2, 0.25) is 0 Å². The van der Waals surface area contributed by atoms with E-state index < -0.39 is 0 Å². The van der Waals surface area contributed by atoms with Gasteiger partial charge in [0.25, 0.3) is 0 Å².